The Balaban J connectivity index is 2.55. The fourth-order valence-electron chi connectivity index (χ4n) is 1.18. The molecular formula is C12H17BrN2S. The number of rotatable bonds is 3. The Morgan fingerprint density at radius 2 is 2.12 bits per heavy atom. The van der Waals surface area contributed by atoms with Crippen LogP contribution in [0.4, 0.5) is 0 Å². The van der Waals surface area contributed by atoms with E-state index in [4.69, 9.17) is 5.73 Å². The lowest BCUT2D eigenvalue weighted by Crippen LogP contribution is -2.22. The van der Waals surface area contributed by atoms with Crippen LogP contribution in [0.25, 0.3) is 0 Å². The van der Waals surface area contributed by atoms with E-state index in [0.29, 0.717) is 5.84 Å². The lowest BCUT2D eigenvalue weighted by atomic mass is 10.1. The maximum absolute atomic E-state index is 5.86. The Labute approximate surface area is 110 Å². The van der Waals surface area contributed by atoms with Crippen LogP contribution in [0.1, 0.15) is 20.8 Å². The zero-order valence-electron chi connectivity index (χ0n) is 9.83. The molecule has 0 saturated carbocycles. The smallest absolute Gasteiger partial charge is 0.105 e. The number of hydrogen-bond donors (Lipinski definition) is 1. The van der Waals surface area contributed by atoms with Gasteiger partial charge in [-0.2, -0.15) is 0 Å². The van der Waals surface area contributed by atoms with Gasteiger partial charge in [0.25, 0.3) is 0 Å². The molecule has 1 aromatic rings. The van der Waals surface area contributed by atoms with Gasteiger partial charge in [0.05, 0.1) is 11.3 Å². The van der Waals surface area contributed by atoms with Gasteiger partial charge < -0.3 is 5.73 Å². The normalized spacial score (nSPS) is 12.9. The summed E-state index contributed by atoms with van der Waals surface area (Å²) in [6.07, 6.45) is 0. The largest absolute Gasteiger partial charge is 0.387 e. The van der Waals surface area contributed by atoms with Crippen molar-refractivity contribution in [2.45, 2.75) is 31.2 Å². The van der Waals surface area contributed by atoms with E-state index in [1.54, 1.807) is 11.8 Å². The number of aliphatic imine (C=N–C) groups is 1. The molecule has 0 aliphatic rings. The van der Waals surface area contributed by atoms with E-state index in [1.807, 2.05) is 32.9 Å². The molecule has 0 aromatic heterocycles. The van der Waals surface area contributed by atoms with Gasteiger partial charge in [0, 0.05) is 9.37 Å². The zero-order chi connectivity index (χ0) is 12.2. The van der Waals surface area contributed by atoms with E-state index in [1.165, 1.54) is 4.90 Å². The van der Waals surface area contributed by atoms with Crippen molar-refractivity contribution in [3.05, 3.63) is 28.7 Å². The SMILES string of the molecule is CC(C)(C)N=C(N)CSc1cccc(Br)c1. The zero-order valence-corrected chi connectivity index (χ0v) is 12.2. The highest BCUT2D eigenvalue weighted by Gasteiger charge is 2.08. The van der Waals surface area contributed by atoms with Crippen LogP contribution in [-0.2, 0) is 0 Å². The van der Waals surface area contributed by atoms with Crippen molar-refractivity contribution in [3.63, 3.8) is 0 Å². The Hall–Kier alpha value is -0.480. The van der Waals surface area contributed by atoms with Gasteiger partial charge in [0.15, 0.2) is 0 Å². The second-order valence-electron chi connectivity index (χ2n) is 4.52. The minimum atomic E-state index is -0.0953. The summed E-state index contributed by atoms with van der Waals surface area (Å²) >= 11 is 5.14. The van der Waals surface area contributed by atoms with Gasteiger partial charge in [-0.05, 0) is 39.0 Å². The third-order valence-electron chi connectivity index (χ3n) is 1.66. The van der Waals surface area contributed by atoms with Gasteiger partial charge in [-0.3, -0.25) is 4.99 Å². The molecule has 0 bridgehead atoms. The van der Waals surface area contributed by atoms with E-state index >= 15 is 0 Å². The standard InChI is InChI=1S/C12H17BrN2S/c1-12(2,3)15-11(14)8-16-10-6-4-5-9(13)7-10/h4-7H,8H2,1-3H3,(H2,14,15). The predicted molar refractivity (Wildman–Crippen MR) is 76.2 cm³/mol. The van der Waals surface area contributed by atoms with Gasteiger partial charge >= 0.3 is 0 Å². The van der Waals surface area contributed by atoms with Crippen LogP contribution < -0.4 is 5.73 Å². The molecule has 0 atom stereocenters. The molecule has 88 valence electrons. The Morgan fingerprint density at radius 3 is 2.69 bits per heavy atom. The number of amidine groups is 1. The van der Waals surface area contributed by atoms with Crippen LogP contribution in [0.5, 0.6) is 0 Å². The first-order valence-corrected chi connectivity index (χ1v) is 6.87. The first-order valence-electron chi connectivity index (χ1n) is 5.09. The van der Waals surface area contributed by atoms with Gasteiger partial charge in [0.1, 0.15) is 5.84 Å². The van der Waals surface area contributed by atoms with Crippen molar-refractivity contribution in [2.24, 2.45) is 10.7 Å². The number of benzene rings is 1. The molecule has 2 nitrogen and oxygen atoms in total. The minimum Gasteiger partial charge on any atom is -0.387 e. The molecule has 1 rings (SSSR count). The first-order chi connectivity index (χ1) is 7.37. The lowest BCUT2D eigenvalue weighted by Gasteiger charge is -2.13. The van der Waals surface area contributed by atoms with Crippen LogP contribution in [0, 0.1) is 0 Å². The van der Waals surface area contributed by atoms with Crippen LogP contribution in [0.15, 0.2) is 38.6 Å². The molecule has 4 heteroatoms. The fourth-order valence-corrected chi connectivity index (χ4v) is 2.49. The van der Waals surface area contributed by atoms with Crippen molar-refractivity contribution in [1.82, 2.24) is 0 Å². The summed E-state index contributed by atoms with van der Waals surface area (Å²) in [5, 5.41) is 0. The molecule has 0 saturated heterocycles. The van der Waals surface area contributed by atoms with E-state index < -0.39 is 0 Å². The second-order valence-corrected chi connectivity index (χ2v) is 6.48. The number of thioether (sulfide) groups is 1. The molecule has 0 amide bonds. The molecule has 0 radical (unpaired) electrons. The van der Waals surface area contributed by atoms with Crippen LogP contribution in [-0.4, -0.2) is 17.1 Å². The van der Waals surface area contributed by atoms with Gasteiger partial charge in [-0.15, -0.1) is 11.8 Å². The maximum Gasteiger partial charge on any atom is 0.105 e. The summed E-state index contributed by atoms with van der Waals surface area (Å²) in [7, 11) is 0. The molecule has 16 heavy (non-hydrogen) atoms. The Morgan fingerprint density at radius 1 is 1.44 bits per heavy atom. The number of nitrogens with zero attached hydrogens (tertiary/aromatic N) is 1. The summed E-state index contributed by atoms with van der Waals surface area (Å²) in [5.41, 5.74) is 5.77. The van der Waals surface area contributed by atoms with E-state index in [9.17, 15) is 0 Å². The molecule has 0 spiro atoms. The monoisotopic (exact) mass is 300 g/mol. The number of halogens is 1. The lowest BCUT2D eigenvalue weighted by molar-refractivity contribution is 0.583. The molecule has 0 heterocycles. The molecule has 2 N–H and O–H groups in total. The number of hydrogen-bond acceptors (Lipinski definition) is 2. The maximum atomic E-state index is 5.86. The summed E-state index contributed by atoms with van der Waals surface area (Å²) in [6.45, 7) is 6.14. The van der Waals surface area contributed by atoms with Crippen molar-refractivity contribution in [2.75, 3.05) is 5.75 Å². The van der Waals surface area contributed by atoms with Gasteiger partial charge in [-0.25, -0.2) is 0 Å². The van der Waals surface area contributed by atoms with Crippen molar-refractivity contribution in [3.8, 4) is 0 Å². The Kier molecular flexibility index (Phi) is 4.87. The fraction of sp³-hybridized carbons (Fsp3) is 0.417. The average Bonchev–Trinajstić information content (AvgIpc) is 2.12. The summed E-state index contributed by atoms with van der Waals surface area (Å²) < 4.78 is 1.09. The highest BCUT2D eigenvalue weighted by molar-refractivity contribution is 9.10. The quantitative estimate of drug-likeness (QED) is 0.525. The van der Waals surface area contributed by atoms with Crippen molar-refractivity contribution in [1.29, 1.82) is 0 Å². The average molecular weight is 301 g/mol. The Bertz CT molecular complexity index is 383. The minimum absolute atomic E-state index is 0.0953. The third-order valence-corrected chi connectivity index (χ3v) is 3.18. The van der Waals surface area contributed by atoms with E-state index in [2.05, 4.69) is 33.1 Å². The molecule has 0 fully saturated rings. The van der Waals surface area contributed by atoms with Crippen molar-refractivity contribution >= 4 is 33.5 Å². The summed E-state index contributed by atoms with van der Waals surface area (Å²) in [6, 6.07) is 8.18. The summed E-state index contributed by atoms with van der Waals surface area (Å²) in [4.78, 5) is 5.60. The van der Waals surface area contributed by atoms with Crippen LogP contribution in [0.3, 0.4) is 0 Å². The third kappa shape index (κ3) is 5.56. The molecule has 0 aliphatic heterocycles. The highest BCUT2D eigenvalue weighted by atomic mass is 79.9. The van der Waals surface area contributed by atoms with Crippen LogP contribution >= 0.6 is 27.7 Å². The number of nitrogens with two attached hydrogens (primary N) is 1. The molecule has 0 aliphatic carbocycles. The van der Waals surface area contributed by atoms with Gasteiger partial charge in [0.2, 0.25) is 0 Å². The highest BCUT2D eigenvalue weighted by Crippen LogP contribution is 2.21. The summed E-state index contributed by atoms with van der Waals surface area (Å²) in [5.74, 6) is 1.42. The molecular weight excluding hydrogens is 284 g/mol. The topological polar surface area (TPSA) is 38.4 Å². The molecule has 1 aromatic carbocycles. The van der Waals surface area contributed by atoms with E-state index in [-0.39, 0.29) is 5.54 Å². The van der Waals surface area contributed by atoms with Gasteiger partial charge in [-0.1, -0.05) is 22.0 Å². The van der Waals surface area contributed by atoms with Crippen LogP contribution in [0.2, 0.25) is 0 Å². The molecule has 0 unspecified atom stereocenters. The second kappa shape index (κ2) is 5.73. The van der Waals surface area contributed by atoms with E-state index in [0.717, 1.165) is 10.2 Å². The predicted octanol–water partition coefficient (Wildman–Crippen LogP) is 3.70. The first kappa shape index (κ1) is 13.6. The van der Waals surface area contributed by atoms with Crippen molar-refractivity contribution < 1.29 is 0 Å².